The van der Waals surface area contributed by atoms with Crippen molar-refractivity contribution in [2.75, 3.05) is 18.4 Å². The van der Waals surface area contributed by atoms with Gasteiger partial charge >= 0.3 is 6.09 Å². The van der Waals surface area contributed by atoms with E-state index in [2.05, 4.69) is 16.4 Å². The first-order valence-electron chi connectivity index (χ1n) is 10.5. The molecule has 31 heavy (non-hydrogen) atoms. The summed E-state index contributed by atoms with van der Waals surface area (Å²) in [6.07, 6.45) is 2.70. The molecule has 3 aromatic rings. The van der Waals surface area contributed by atoms with Gasteiger partial charge in [0.1, 0.15) is 10.9 Å². The van der Waals surface area contributed by atoms with Crippen LogP contribution in [-0.4, -0.2) is 41.1 Å². The summed E-state index contributed by atoms with van der Waals surface area (Å²) in [5.74, 6) is 0.598. The Morgan fingerprint density at radius 3 is 2.81 bits per heavy atom. The van der Waals surface area contributed by atoms with Crippen LogP contribution in [0.3, 0.4) is 0 Å². The van der Waals surface area contributed by atoms with Gasteiger partial charge in [-0.05, 0) is 54.0 Å². The molecule has 2 fully saturated rings. The SMILES string of the molecule is NC(=O)OC1CCC2CN(C(=O)c3ccc(CNc4ccnc5sccc45)cc3)CC21. The van der Waals surface area contributed by atoms with Crippen molar-refractivity contribution in [2.45, 2.75) is 25.5 Å². The highest BCUT2D eigenvalue weighted by Gasteiger charge is 2.45. The summed E-state index contributed by atoms with van der Waals surface area (Å²) in [5, 5.41) is 6.62. The molecule has 1 saturated carbocycles. The first-order chi connectivity index (χ1) is 15.1. The number of amides is 2. The van der Waals surface area contributed by atoms with Gasteiger partial charge < -0.3 is 20.7 Å². The number of thiophene rings is 1. The zero-order valence-electron chi connectivity index (χ0n) is 17.0. The summed E-state index contributed by atoms with van der Waals surface area (Å²) in [6, 6.07) is 11.8. The van der Waals surface area contributed by atoms with Gasteiger partial charge in [0.2, 0.25) is 0 Å². The summed E-state index contributed by atoms with van der Waals surface area (Å²) in [5.41, 5.74) is 8.03. The molecule has 3 unspecified atom stereocenters. The number of likely N-dealkylation sites (tertiary alicyclic amines) is 1. The van der Waals surface area contributed by atoms with E-state index >= 15 is 0 Å². The number of primary amides is 1. The van der Waals surface area contributed by atoms with E-state index in [1.807, 2.05) is 46.8 Å². The summed E-state index contributed by atoms with van der Waals surface area (Å²) < 4.78 is 5.25. The fraction of sp³-hybridized carbons (Fsp3) is 0.348. The maximum Gasteiger partial charge on any atom is 0.404 e. The van der Waals surface area contributed by atoms with Crippen LogP contribution in [-0.2, 0) is 11.3 Å². The van der Waals surface area contributed by atoms with Crippen LogP contribution in [0.4, 0.5) is 10.5 Å². The number of ether oxygens (including phenoxy) is 1. The van der Waals surface area contributed by atoms with Crippen molar-refractivity contribution in [1.82, 2.24) is 9.88 Å². The number of anilines is 1. The van der Waals surface area contributed by atoms with Crippen LogP contribution >= 0.6 is 11.3 Å². The van der Waals surface area contributed by atoms with Gasteiger partial charge in [-0.2, -0.15) is 0 Å². The number of carbonyl (C=O) groups is 2. The number of benzene rings is 1. The topological polar surface area (TPSA) is 97.6 Å². The minimum Gasteiger partial charge on any atom is -0.446 e. The van der Waals surface area contributed by atoms with Crippen molar-refractivity contribution in [3.8, 4) is 0 Å². The molecule has 3 N–H and O–H groups in total. The minimum atomic E-state index is -0.730. The second kappa shape index (κ2) is 8.19. The maximum atomic E-state index is 13.0. The fourth-order valence-corrected chi connectivity index (χ4v) is 5.61. The van der Waals surface area contributed by atoms with Crippen LogP contribution in [0, 0.1) is 11.8 Å². The molecule has 1 aromatic carbocycles. The lowest BCUT2D eigenvalue weighted by Gasteiger charge is -2.20. The Kier molecular flexibility index (Phi) is 5.23. The number of nitrogens with one attached hydrogen (secondary N) is 1. The summed E-state index contributed by atoms with van der Waals surface area (Å²) in [4.78, 5) is 31.4. The molecule has 3 heterocycles. The first kappa shape index (κ1) is 19.8. The highest BCUT2D eigenvalue weighted by molar-refractivity contribution is 7.16. The summed E-state index contributed by atoms with van der Waals surface area (Å²) in [6.45, 7) is 2.00. The summed E-state index contributed by atoms with van der Waals surface area (Å²) >= 11 is 1.63. The highest BCUT2D eigenvalue weighted by Crippen LogP contribution is 2.40. The number of hydrogen-bond acceptors (Lipinski definition) is 6. The molecule has 1 aliphatic heterocycles. The number of aromatic nitrogens is 1. The van der Waals surface area contributed by atoms with Crippen LogP contribution in [0.25, 0.3) is 10.2 Å². The lowest BCUT2D eigenvalue weighted by molar-refractivity contribution is 0.0695. The van der Waals surface area contributed by atoms with Crippen molar-refractivity contribution in [2.24, 2.45) is 17.6 Å². The van der Waals surface area contributed by atoms with Crippen molar-refractivity contribution >= 4 is 39.2 Å². The van der Waals surface area contributed by atoms with Crippen LogP contribution in [0.5, 0.6) is 0 Å². The molecule has 0 bridgehead atoms. The van der Waals surface area contributed by atoms with Crippen LogP contribution in [0.1, 0.15) is 28.8 Å². The predicted molar refractivity (Wildman–Crippen MR) is 120 cm³/mol. The maximum absolute atomic E-state index is 13.0. The minimum absolute atomic E-state index is 0.0286. The molecule has 2 aliphatic rings. The van der Waals surface area contributed by atoms with Gasteiger partial charge in [-0.3, -0.25) is 4.79 Å². The van der Waals surface area contributed by atoms with E-state index < -0.39 is 6.09 Å². The van der Waals surface area contributed by atoms with Gasteiger partial charge in [-0.25, -0.2) is 9.78 Å². The molecule has 2 amide bonds. The fourth-order valence-electron chi connectivity index (χ4n) is 4.85. The highest BCUT2D eigenvalue weighted by atomic mass is 32.1. The standard InChI is InChI=1S/C23H24N4O3S/c24-23(29)30-20-6-5-16-12-27(13-18(16)20)22(28)15-3-1-14(2-4-15)11-26-19-7-9-25-21-17(19)8-10-31-21/h1-4,7-10,16,18,20H,5-6,11-13H2,(H2,24,29)(H,25,26). The molecule has 2 aromatic heterocycles. The molecule has 160 valence electrons. The van der Waals surface area contributed by atoms with Crippen LogP contribution in [0.2, 0.25) is 0 Å². The van der Waals surface area contributed by atoms with Gasteiger partial charge in [0.15, 0.2) is 0 Å². The van der Waals surface area contributed by atoms with E-state index in [0.29, 0.717) is 31.1 Å². The average Bonchev–Trinajstić information content (AvgIpc) is 3.49. The average molecular weight is 437 g/mol. The molecule has 0 radical (unpaired) electrons. The molecule has 1 aliphatic carbocycles. The van der Waals surface area contributed by atoms with Crippen LogP contribution in [0.15, 0.2) is 48.0 Å². The molecule has 3 atom stereocenters. The number of nitrogens with two attached hydrogens (primary N) is 1. The van der Waals surface area contributed by atoms with Crippen LogP contribution < -0.4 is 11.1 Å². The number of fused-ring (bicyclic) bond motifs is 2. The molecular weight excluding hydrogens is 412 g/mol. The molecule has 7 nitrogen and oxygen atoms in total. The van der Waals surface area contributed by atoms with E-state index in [1.165, 1.54) is 0 Å². The third kappa shape index (κ3) is 3.95. The Hall–Kier alpha value is -3.13. The number of rotatable bonds is 5. The van der Waals surface area contributed by atoms with Crippen molar-refractivity contribution in [3.05, 3.63) is 59.1 Å². The van der Waals surface area contributed by atoms with Crippen molar-refractivity contribution < 1.29 is 14.3 Å². The quantitative estimate of drug-likeness (QED) is 0.633. The lowest BCUT2D eigenvalue weighted by Crippen LogP contribution is -2.33. The molecule has 1 saturated heterocycles. The monoisotopic (exact) mass is 436 g/mol. The van der Waals surface area contributed by atoms with Gasteiger partial charge in [0.25, 0.3) is 5.91 Å². The van der Waals surface area contributed by atoms with E-state index in [9.17, 15) is 9.59 Å². The van der Waals surface area contributed by atoms with Gasteiger partial charge in [-0.15, -0.1) is 11.3 Å². The van der Waals surface area contributed by atoms with Gasteiger partial charge in [0, 0.05) is 48.4 Å². The number of pyridine rings is 1. The lowest BCUT2D eigenvalue weighted by atomic mass is 9.99. The first-order valence-corrected chi connectivity index (χ1v) is 11.4. The summed E-state index contributed by atoms with van der Waals surface area (Å²) in [7, 11) is 0. The van der Waals surface area contributed by atoms with E-state index in [0.717, 1.165) is 34.3 Å². The predicted octanol–water partition coefficient (Wildman–Crippen LogP) is 3.85. The Bertz CT molecular complexity index is 1110. The Morgan fingerprint density at radius 1 is 1.16 bits per heavy atom. The number of nitrogens with zero attached hydrogens (tertiary/aromatic N) is 2. The van der Waals surface area contributed by atoms with Gasteiger partial charge in [-0.1, -0.05) is 12.1 Å². The normalized spacial score (nSPS) is 22.5. The second-order valence-electron chi connectivity index (χ2n) is 8.24. The molecule has 0 spiro atoms. The smallest absolute Gasteiger partial charge is 0.404 e. The van der Waals surface area contributed by atoms with Gasteiger partial charge in [0.05, 0.1) is 0 Å². The zero-order chi connectivity index (χ0) is 21.4. The largest absolute Gasteiger partial charge is 0.446 e. The molecule has 8 heteroatoms. The third-order valence-electron chi connectivity index (χ3n) is 6.40. The Morgan fingerprint density at radius 2 is 2.00 bits per heavy atom. The Labute approximate surface area is 184 Å². The van der Waals surface area contributed by atoms with Crippen molar-refractivity contribution in [3.63, 3.8) is 0 Å². The van der Waals surface area contributed by atoms with E-state index in [1.54, 1.807) is 11.3 Å². The second-order valence-corrected chi connectivity index (χ2v) is 9.13. The Balaban J connectivity index is 1.21. The van der Waals surface area contributed by atoms with Crippen molar-refractivity contribution in [1.29, 1.82) is 0 Å². The van der Waals surface area contributed by atoms with E-state index in [-0.39, 0.29) is 17.9 Å². The number of hydrogen-bond donors (Lipinski definition) is 2. The molecular formula is C23H24N4O3S. The van der Waals surface area contributed by atoms with E-state index in [4.69, 9.17) is 10.5 Å². The zero-order valence-corrected chi connectivity index (χ0v) is 17.8. The third-order valence-corrected chi connectivity index (χ3v) is 7.22. The number of carbonyl (C=O) groups excluding carboxylic acids is 2. The molecule has 5 rings (SSSR count).